The van der Waals surface area contributed by atoms with Crippen molar-refractivity contribution in [3.63, 3.8) is 0 Å². The molecular weight excluding hydrogens is 432 g/mol. The maximum Gasteiger partial charge on any atom is 0.314 e. The highest BCUT2D eigenvalue weighted by Crippen LogP contribution is 2.25. The van der Waals surface area contributed by atoms with Crippen LogP contribution in [0.5, 0.6) is 0 Å². The molecule has 178 valence electrons. The van der Waals surface area contributed by atoms with Crippen molar-refractivity contribution < 1.29 is 19.1 Å². The van der Waals surface area contributed by atoms with E-state index in [1.807, 2.05) is 24.3 Å². The monoisotopic (exact) mass is 462 g/mol. The molecule has 0 fully saturated rings. The van der Waals surface area contributed by atoms with Gasteiger partial charge in [0.25, 0.3) is 0 Å². The van der Waals surface area contributed by atoms with E-state index in [1.54, 1.807) is 24.3 Å². The Bertz CT molecular complexity index is 1050. The maximum absolute atomic E-state index is 12.8. The molecule has 34 heavy (non-hydrogen) atoms. The number of amides is 2. The van der Waals surface area contributed by atoms with E-state index in [0.717, 1.165) is 0 Å². The van der Waals surface area contributed by atoms with Gasteiger partial charge in [-0.15, -0.1) is 0 Å². The number of hydrogen-bond acceptors (Lipinski definition) is 6. The minimum Gasteiger partial charge on any atom is -0.475 e. The summed E-state index contributed by atoms with van der Waals surface area (Å²) in [5.74, 6) is 0.0304. The van der Waals surface area contributed by atoms with Crippen molar-refractivity contribution in [2.45, 2.75) is 39.8 Å². The molecule has 8 nitrogen and oxygen atoms in total. The molecule has 2 heterocycles. The molecule has 0 spiro atoms. The number of rotatable bonds is 6. The van der Waals surface area contributed by atoms with E-state index in [9.17, 15) is 9.59 Å². The third-order valence-electron chi connectivity index (χ3n) is 5.90. The third kappa shape index (κ3) is 5.11. The lowest BCUT2D eigenvalue weighted by Gasteiger charge is -2.12. The first-order valence-corrected chi connectivity index (χ1v) is 11.6. The molecule has 0 saturated carbocycles. The Hall–Kier alpha value is -3.68. The highest BCUT2D eigenvalue weighted by Gasteiger charge is 2.27. The van der Waals surface area contributed by atoms with Crippen LogP contribution in [0.25, 0.3) is 0 Å². The number of ether oxygens (including phenoxy) is 2. The number of benzene rings is 2. The van der Waals surface area contributed by atoms with E-state index < -0.39 is 11.8 Å². The summed E-state index contributed by atoms with van der Waals surface area (Å²) in [4.78, 5) is 34.8. The summed E-state index contributed by atoms with van der Waals surface area (Å²) in [6, 6.07) is 14.4. The average molecular weight is 463 g/mol. The summed E-state index contributed by atoms with van der Waals surface area (Å²) in [6.45, 7) is 9.33. The van der Waals surface area contributed by atoms with Gasteiger partial charge in [0, 0.05) is 0 Å². The highest BCUT2D eigenvalue weighted by atomic mass is 16.5. The number of carbonyl (C=O) groups excluding carboxylic acids is 2. The molecule has 4 rings (SSSR count). The van der Waals surface area contributed by atoms with Crippen LogP contribution in [0.3, 0.4) is 0 Å². The molecule has 2 aliphatic heterocycles. The molecular formula is C26H30N4O4. The lowest BCUT2D eigenvalue weighted by atomic mass is 10.1. The van der Waals surface area contributed by atoms with Crippen molar-refractivity contribution in [1.82, 2.24) is 0 Å². The number of anilines is 2. The van der Waals surface area contributed by atoms with Crippen molar-refractivity contribution in [1.29, 1.82) is 0 Å². The lowest BCUT2D eigenvalue weighted by molar-refractivity contribution is -0.133. The Labute approximate surface area is 199 Å². The van der Waals surface area contributed by atoms with Crippen molar-refractivity contribution in [3.8, 4) is 0 Å². The molecule has 2 aromatic carbocycles. The first kappa shape index (κ1) is 23.5. The summed E-state index contributed by atoms with van der Waals surface area (Å²) in [5, 5.41) is 5.38. The van der Waals surface area contributed by atoms with E-state index >= 15 is 0 Å². The SMILES string of the molecule is CC(C)[C@H]1COC(c2ccccc2NC(=O)C(=O)Nc2ccccc2C2=N[C@@H](C(C)C)CO2)=N1. The molecule has 0 unspecified atom stereocenters. The van der Waals surface area contributed by atoms with Crippen LogP contribution in [0.15, 0.2) is 58.5 Å². The number of aliphatic imine (C=N–C) groups is 2. The van der Waals surface area contributed by atoms with Crippen molar-refractivity contribution in [2.24, 2.45) is 21.8 Å². The second-order valence-corrected chi connectivity index (χ2v) is 9.11. The zero-order valence-electron chi connectivity index (χ0n) is 19.9. The van der Waals surface area contributed by atoms with Gasteiger partial charge in [0.1, 0.15) is 13.2 Å². The minimum absolute atomic E-state index is 0.0644. The molecule has 0 aliphatic carbocycles. The molecule has 0 aromatic heterocycles. The van der Waals surface area contributed by atoms with E-state index in [0.29, 0.717) is 59.3 Å². The summed E-state index contributed by atoms with van der Waals surface area (Å²) in [5.41, 5.74) is 2.20. The molecule has 0 bridgehead atoms. The summed E-state index contributed by atoms with van der Waals surface area (Å²) in [7, 11) is 0. The van der Waals surface area contributed by atoms with Crippen LogP contribution in [0.1, 0.15) is 38.8 Å². The third-order valence-corrected chi connectivity index (χ3v) is 5.90. The fourth-order valence-corrected chi connectivity index (χ4v) is 3.67. The standard InChI is InChI=1S/C26H30N4O4/c1-15(2)21-13-33-25(29-21)17-9-5-7-11-19(17)27-23(31)24(32)28-20-12-8-6-10-18(20)26-30-22(14-34-26)16(3)4/h5-12,15-16,21-22H,13-14H2,1-4H3,(H,27,31)(H,28,32)/t21-,22-/m1/s1. The fourth-order valence-electron chi connectivity index (χ4n) is 3.67. The number of nitrogens with one attached hydrogen (secondary N) is 2. The second kappa shape index (κ2) is 10.1. The average Bonchev–Trinajstić information content (AvgIpc) is 3.50. The van der Waals surface area contributed by atoms with Crippen LogP contribution < -0.4 is 10.6 Å². The molecule has 8 heteroatoms. The Morgan fingerprint density at radius 3 is 1.47 bits per heavy atom. The lowest BCUT2D eigenvalue weighted by Crippen LogP contribution is -2.30. The molecule has 0 radical (unpaired) electrons. The Balaban J connectivity index is 1.49. The van der Waals surface area contributed by atoms with Crippen LogP contribution in [-0.4, -0.2) is 48.9 Å². The fraction of sp³-hybridized carbons (Fsp3) is 0.385. The smallest absolute Gasteiger partial charge is 0.314 e. The number of nitrogens with zero attached hydrogens (tertiary/aromatic N) is 2. The van der Waals surface area contributed by atoms with Gasteiger partial charge in [0.05, 0.1) is 34.6 Å². The molecule has 2 atom stereocenters. The predicted molar refractivity (Wildman–Crippen MR) is 132 cm³/mol. The number of carbonyl (C=O) groups is 2. The quantitative estimate of drug-likeness (QED) is 0.637. The number of hydrogen-bond donors (Lipinski definition) is 2. The number of para-hydroxylation sites is 2. The van der Waals surface area contributed by atoms with Crippen LogP contribution in [0.2, 0.25) is 0 Å². The van der Waals surface area contributed by atoms with E-state index in [1.165, 1.54) is 0 Å². The zero-order valence-corrected chi connectivity index (χ0v) is 19.9. The maximum atomic E-state index is 12.8. The molecule has 2 N–H and O–H groups in total. The normalized spacial score (nSPS) is 19.4. The molecule has 2 amide bonds. The Kier molecular flexibility index (Phi) is 6.95. The molecule has 2 aromatic rings. The summed E-state index contributed by atoms with van der Waals surface area (Å²) >= 11 is 0. The van der Waals surface area contributed by atoms with Gasteiger partial charge in [-0.25, -0.2) is 9.98 Å². The van der Waals surface area contributed by atoms with Crippen LogP contribution in [0.4, 0.5) is 11.4 Å². The van der Waals surface area contributed by atoms with E-state index in [2.05, 4.69) is 48.3 Å². The van der Waals surface area contributed by atoms with Gasteiger partial charge in [-0.05, 0) is 36.1 Å². The van der Waals surface area contributed by atoms with E-state index in [4.69, 9.17) is 9.47 Å². The first-order valence-electron chi connectivity index (χ1n) is 11.6. The second-order valence-electron chi connectivity index (χ2n) is 9.11. The van der Waals surface area contributed by atoms with Gasteiger partial charge in [0.2, 0.25) is 11.8 Å². The van der Waals surface area contributed by atoms with Crippen LogP contribution >= 0.6 is 0 Å². The Morgan fingerprint density at radius 2 is 1.12 bits per heavy atom. The largest absolute Gasteiger partial charge is 0.475 e. The highest BCUT2D eigenvalue weighted by molar-refractivity contribution is 6.44. The van der Waals surface area contributed by atoms with Crippen molar-refractivity contribution in [2.75, 3.05) is 23.8 Å². The first-order chi connectivity index (χ1) is 16.3. The summed E-state index contributed by atoms with van der Waals surface area (Å²) < 4.78 is 11.5. The topological polar surface area (TPSA) is 101 Å². The van der Waals surface area contributed by atoms with Gasteiger partial charge >= 0.3 is 11.8 Å². The zero-order chi connectivity index (χ0) is 24.2. The van der Waals surface area contributed by atoms with Gasteiger partial charge in [-0.2, -0.15) is 0 Å². The van der Waals surface area contributed by atoms with E-state index in [-0.39, 0.29) is 12.1 Å². The summed E-state index contributed by atoms with van der Waals surface area (Å²) in [6.07, 6.45) is 0. The molecule has 0 saturated heterocycles. The van der Waals surface area contributed by atoms with Crippen molar-refractivity contribution in [3.05, 3.63) is 59.7 Å². The van der Waals surface area contributed by atoms with Crippen LogP contribution in [0, 0.1) is 11.8 Å². The van der Waals surface area contributed by atoms with Gasteiger partial charge in [0.15, 0.2) is 0 Å². The predicted octanol–water partition coefficient (Wildman–Crippen LogP) is 3.87. The van der Waals surface area contributed by atoms with Crippen molar-refractivity contribution >= 4 is 35.0 Å². The van der Waals surface area contributed by atoms with Gasteiger partial charge < -0.3 is 20.1 Å². The van der Waals surface area contributed by atoms with Crippen LogP contribution in [-0.2, 0) is 19.1 Å². The Morgan fingerprint density at radius 1 is 0.735 bits per heavy atom. The minimum atomic E-state index is -0.796. The molecule has 2 aliphatic rings. The van der Waals surface area contributed by atoms with Gasteiger partial charge in [-0.1, -0.05) is 52.0 Å². The van der Waals surface area contributed by atoms with Gasteiger partial charge in [-0.3, -0.25) is 9.59 Å².